The van der Waals surface area contributed by atoms with Gasteiger partial charge >= 0.3 is 11.9 Å². The number of aliphatic carboxylic acids is 2. The number of carboxylic acid groups (broad SMARTS) is 2. The molecular formula is C23H29NO6. The third kappa shape index (κ3) is 9.75. The lowest BCUT2D eigenvalue weighted by molar-refractivity contribution is -0.134. The highest BCUT2D eigenvalue weighted by Gasteiger charge is 2.18. The van der Waals surface area contributed by atoms with Crippen LogP contribution >= 0.6 is 0 Å². The zero-order valence-electron chi connectivity index (χ0n) is 17.7. The SMILES string of the molecule is COc1cccc(OC(CC(C)N(C)C)c2ccccc2)c1.O=C(O)/C=C\C(=O)O. The number of hydrogen-bond donors (Lipinski definition) is 2. The van der Waals surface area contributed by atoms with E-state index in [-0.39, 0.29) is 6.10 Å². The summed E-state index contributed by atoms with van der Waals surface area (Å²) in [5.41, 5.74) is 1.19. The van der Waals surface area contributed by atoms with E-state index in [4.69, 9.17) is 19.7 Å². The number of rotatable bonds is 9. The van der Waals surface area contributed by atoms with Crippen molar-refractivity contribution in [1.82, 2.24) is 4.90 Å². The van der Waals surface area contributed by atoms with Gasteiger partial charge in [0, 0.05) is 30.7 Å². The molecule has 30 heavy (non-hydrogen) atoms. The quantitative estimate of drug-likeness (QED) is 0.600. The van der Waals surface area contributed by atoms with E-state index in [2.05, 4.69) is 50.2 Å². The molecule has 0 aromatic heterocycles. The molecule has 162 valence electrons. The van der Waals surface area contributed by atoms with Crippen LogP contribution in [0.25, 0.3) is 0 Å². The molecule has 0 amide bonds. The van der Waals surface area contributed by atoms with Crippen LogP contribution < -0.4 is 9.47 Å². The Bertz CT molecular complexity index is 803. The minimum Gasteiger partial charge on any atom is -0.497 e. The molecule has 2 atom stereocenters. The van der Waals surface area contributed by atoms with Crippen LogP contribution in [0.5, 0.6) is 11.5 Å². The Labute approximate surface area is 177 Å². The van der Waals surface area contributed by atoms with Gasteiger partial charge in [-0.1, -0.05) is 36.4 Å². The topological polar surface area (TPSA) is 96.3 Å². The summed E-state index contributed by atoms with van der Waals surface area (Å²) in [4.78, 5) is 21.3. The standard InChI is InChI=1S/C19H25NO2.C4H4O4/c1-15(20(2)3)13-19(16-9-6-5-7-10-16)22-18-12-8-11-17(14-18)21-4;5-3(6)1-2-4(7)8/h5-12,14-15,19H,13H2,1-4H3;1-2H,(H,5,6)(H,7,8)/b;2-1-. The number of carboxylic acids is 2. The van der Waals surface area contributed by atoms with Gasteiger partial charge in [-0.25, -0.2) is 9.59 Å². The Kier molecular flexibility index (Phi) is 10.7. The van der Waals surface area contributed by atoms with Gasteiger partial charge in [-0.05, 0) is 38.7 Å². The third-order valence-corrected chi connectivity index (χ3v) is 4.30. The Morgan fingerprint density at radius 3 is 2.03 bits per heavy atom. The van der Waals surface area contributed by atoms with Crippen LogP contribution in [-0.2, 0) is 9.59 Å². The van der Waals surface area contributed by atoms with Gasteiger partial charge in [-0.3, -0.25) is 0 Å². The first kappa shape index (κ1) is 24.7. The van der Waals surface area contributed by atoms with Crippen molar-refractivity contribution in [2.75, 3.05) is 21.2 Å². The summed E-state index contributed by atoms with van der Waals surface area (Å²) >= 11 is 0. The van der Waals surface area contributed by atoms with Gasteiger partial charge in [-0.2, -0.15) is 0 Å². The van der Waals surface area contributed by atoms with E-state index in [9.17, 15) is 9.59 Å². The van der Waals surface area contributed by atoms with E-state index < -0.39 is 11.9 Å². The average molecular weight is 415 g/mol. The molecule has 2 aromatic carbocycles. The maximum atomic E-state index is 9.55. The third-order valence-electron chi connectivity index (χ3n) is 4.30. The smallest absolute Gasteiger partial charge is 0.328 e. The number of benzene rings is 2. The van der Waals surface area contributed by atoms with Crippen LogP contribution in [0.3, 0.4) is 0 Å². The summed E-state index contributed by atoms with van der Waals surface area (Å²) in [6, 6.07) is 18.6. The average Bonchev–Trinajstić information content (AvgIpc) is 2.73. The maximum Gasteiger partial charge on any atom is 0.328 e. The molecule has 2 aromatic rings. The molecule has 0 saturated carbocycles. The molecule has 0 bridgehead atoms. The van der Waals surface area contributed by atoms with Crippen molar-refractivity contribution in [1.29, 1.82) is 0 Å². The van der Waals surface area contributed by atoms with Gasteiger partial charge in [0.15, 0.2) is 0 Å². The predicted octanol–water partition coefficient (Wildman–Crippen LogP) is 3.87. The molecule has 2 unspecified atom stereocenters. The molecule has 0 aliphatic heterocycles. The molecule has 0 saturated heterocycles. The molecule has 2 rings (SSSR count). The van der Waals surface area contributed by atoms with Crippen molar-refractivity contribution in [2.45, 2.75) is 25.5 Å². The Hall–Kier alpha value is -3.32. The van der Waals surface area contributed by atoms with Gasteiger partial charge in [0.05, 0.1) is 7.11 Å². The summed E-state index contributed by atoms with van der Waals surface area (Å²) in [6.07, 6.45) is 2.06. The fourth-order valence-electron chi connectivity index (χ4n) is 2.42. The second kappa shape index (κ2) is 13.0. The predicted molar refractivity (Wildman–Crippen MR) is 115 cm³/mol. The van der Waals surface area contributed by atoms with Crippen molar-refractivity contribution in [3.8, 4) is 11.5 Å². The fraction of sp³-hybridized carbons (Fsp3) is 0.304. The van der Waals surface area contributed by atoms with Crippen molar-refractivity contribution < 1.29 is 29.3 Å². The van der Waals surface area contributed by atoms with E-state index >= 15 is 0 Å². The van der Waals surface area contributed by atoms with Gasteiger partial charge in [0.25, 0.3) is 0 Å². The zero-order chi connectivity index (χ0) is 22.5. The highest BCUT2D eigenvalue weighted by molar-refractivity contribution is 5.89. The van der Waals surface area contributed by atoms with Crippen LogP contribution in [0.4, 0.5) is 0 Å². The van der Waals surface area contributed by atoms with Gasteiger partial charge in [0.1, 0.15) is 17.6 Å². The van der Waals surface area contributed by atoms with Crippen molar-refractivity contribution in [2.24, 2.45) is 0 Å². The molecule has 0 spiro atoms. The van der Waals surface area contributed by atoms with Gasteiger partial charge in [-0.15, -0.1) is 0 Å². The first-order chi connectivity index (χ1) is 14.2. The molecule has 0 fully saturated rings. The Morgan fingerprint density at radius 2 is 1.53 bits per heavy atom. The lowest BCUT2D eigenvalue weighted by Gasteiger charge is -2.26. The van der Waals surface area contributed by atoms with Crippen LogP contribution in [0.1, 0.15) is 25.0 Å². The first-order valence-corrected chi connectivity index (χ1v) is 9.39. The van der Waals surface area contributed by atoms with Crippen LogP contribution in [0, 0.1) is 0 Å². The minimum atomic E-state index is -1.26. The lowest BCUT2D eigenvalue weighted by atomic mass is 10.0. The van der Waals surface area contributed by atoms with E-state index in [0.29, 0.717) is 18.2 Å². The normalized spacial score (nSPS) is 12.6. The molecule has 0 radical (unpaired) electrons. The van der Waals surface area contributed by atoms with Crippen LogP contribution in [-0.4, -0.2) is 54.3 Å². The summed E-state index contributed by atoms with van der Waals surface area (Å²) < 4.78 is 11.5. The number of ether oxygens (including phenoxy) is 2. The zero-order valence-corrected chi connectivity index (χ0v) is 17.7. The van der Waals surface area contributed by atoms with Crippen molar-refractivity contribution in [3.05, 3.63) is 72.3 Å². The summed E-state index contributed by atoms with van der Waals surface area (Å²) in [5.74, 6) is -0.871. The maximum absolute atomic E-state index is 9.55. The second-order valence-electron chi connectivity index (χ2n) is 6.75. The van der Waals surface area contributed by atoms with Crippen LogP contribution in [0.2, 0.25) is 0 Å². The number of methoxy groups -OCH3 is 1. The Balaban J connectivity index is 0.000000479. The number of carbonyl (C=O) groups is 2. The lowest BCUT2D eigenvalue weighted by Crippen LogP contribution is -2.28. The van der Waals surface area contributed by atoms with E-state index in [1.807, 2.05) is 30.3 Å². The monoisotopic (exact) mass is 415 g/mol. The summed E-state index contributed by atoms with van der Waals surface area (Å²) in [7, 11) is 5.86. The highest BCUT2D eigenvalue weighted by atomic mass is 16.5. The number of nitrogens with zero attached hydrogens (tertiary/aromatic N) is 1. The summed E-state index contributed by atoms with van der Waals surface area (Å²) in [5, 5.41) is 15.6. The van der Waals surface area contributed by atoms with E-state index in [1.54, 1.807) is 7.11 Å². The summed E-state index contributed by atoms with van der Waals surface area (Å²) in [6.45, 7) is 2.21. The molecule has 7 nitrogen and oxygen atoms in total. The van der Waals surface area contributed by atoms with E-state index in [1.165, 1.54) is 5.56 Å². The molecule has 0 heterocycles. The van der Waals surface area contributed by atoms with Gasteiger partial charge in [0.2, 0.25) is 0 Å². The molecule has 0 aliphatic carbocycles. The highest BCUT2D eigenvalue weighted by Crippen LogP contribution is 2.28. The van der Waals surface area contributed by atoms with Crippen molar-refractivity contribution >= 4 is 11.9 Å². The second-order valence-corrected chi connectivity index (χ2v) is 6.75. The minimum absolute atomic E-state index is 0.0192. The largest absolute Gasteiger partial charge is 0.497 e. The first-order valence-electron chi connectivity index (χ1n) is 9.39. The van der Waals surface area contributed by atoms with Crippen LogP contribution in [0.15, 0.2) is 66.7 Å². The molecule has 7 heteroatoms. The van der Waals surface area contributed by atoms with Gasteiger partial charge < -0.3 is 24.6 Å². The molecule has 0 aliphatic rings. The van der Waals surface area contributed by atoms with E-state index in [0.717, 1.165) is 17.9 Å². The molecule has 2 N–H and O–H groups in total. The number of hydrogen-bond acceptors (Lipinski definition) is 5. The molecular weight excluding hydrogens is 386 g/mol. The van der Waals surface area contributed by atoms with Crippen molar-refractivity contribution in [3.63, 3.8) is 0 Å². The fourth-order valence-corrected chi connectivity index (χ4v) is 2.42. The Morgan fingerprint density at radius 1 is 0.967 bits per heavy atom.